The van der Waals surface area contributed by atoms with Crippen LogP contribution in [-0.2, 0) is 9.47 Å². The molecule has 1 atom stereocenters. The second-order valence-corrected chi connectivity index (χ2v) is 2.46. The maximum Gasteiger partial charge on any atom is 0.159 e. The van der Waals surface area contributed by atoms with Crippen molar-refractivity contribution in [3.63, 3.8) is 0 Å². The molecule has 3 nitrogen and oxygen atoms in total. The third-order valence-corrected chi connectivity index (χ3v) is 1.55. The first kappa shape index (κ1) is 7.98. The maximum absolute atomic E-state index is 5.32. The van der Waals surface area contributed by atoms with Gasteiger partial charge < -0.3 is 9.47 Å². The first-order valence-electron chi connectivity index (χ1n) is 3.81. The Labute approximate surface area is 61.7 Å². The molecular formula is C7H15NO2. The van der Waals surface area contributed by atoms with Crippen molar-refractivity contribution in [2.24, 2.45) is 0 Å². The summed E-state index contributed by atoms with van der Waals surface area (Å²) in [5, 5.41) is 2.91. The summed E-state index contributed by atoms with van der Waals surface area (Å²) >= 11 is 0. The van der Waals surface area contributed by atoms with Crippen molar-refractivity contribution in [2.45, 2.75) is 25.6 Å². The Morgan fingerprint density at radius 1 is 1.60 bits per heavy atom. The fraction of sp³-hybridized carbons (Fsp3) is 1.00. The SMILES string of the molecule is CNCOC1CCCCO1. The fourth-order valence-electron chi connectivity index (χ4n) is 1.02. The van der Waals surface area contributed by atoms with Crippen LogP contribution in [0.15, 0.2) is 0 Å². The molecule has 1 aliphatic heterocycles. The molecule has 0 radical (unpaired) electrons. The second-order valence-electron chi connectivity index (χ2n) is 2.46. The van der Waals surface area contributed by atoms with E-state index in [0.717, 1.165) is 13.0 Å². The number of nitrogens with one attached hydrogen (secondary N) is 1. The van der Waals surface area contributed by atoms with Crippen molar-refractivity contribution in [1.29, 1.82) is 0 Å². The lowest BCUT2D eigenvalue weighted by atomic mass is 10.2. The first-order valence-corrected chi connectivity index (χ1v) is 3.81. The average molecular weight is 145 g/mol. The fourth-order valence-corrected chi connectivity index (χ4v) is 1.02. The molecule has 60 valence electrons. The smallest absolute Gasteiger partial charge is 0.159 e. The molecule has 1 rings (SSSR count). The van der Waals surface area contributed by atoms with Gasteiger partial charge in [-0.3, -0.25) is 5.32 Å². The van der Waals surface area contributed by atoms with E-state index in [1.807, 2.05) is 7.05 Å². The Bertz CT molecular complexity index is 81.7. The minimum atomic E-state index is 0.0428. The normalized spacial score (nSPS) is 26.7. The Hall–Kier alpha value is -0.120. The molecule has 0 aliphatic carbocycles. The van der Waals surface area contributed by atoms with Crippen LogP contribution in [0.5, 0.6) is 0 Å². The largest absolute Gasteiger partial charge is 0.353 e. The number of ether oxygens (including phenoxy) is 2. The van der Waals surface area contributed by atoms with Crippen LogP contribution in [0.4, 0.5) is 0 Å². The van der Waals surface area contributed by atoms with Gasteiger partial charge in [0, 0.05) is 6.61 Å². The lowest BCUT2D eigenvalue weighted by molar-refractivity contribution is -0.165. The zero-order chi connectivity index (χ0) is 7.23. The lowest BCUT2D eigenvalue weighted by Gasteiger charge is -2.22. The van der Waals surface area contributed by atoms with Gasteiger partial charge in [-0.1, -0.05) is 0 Å². The molecule has 3 heteroatoms. The van der Waals surface area contributed by atoms with Crippen LogP contribution in [0.3, 0.4) is 0 Å². The number of hydrogen-bond donors (Lipinski definition) is 1. The van der Waals surface area contributed by atoms with Crippen LogP contribution >= 0.6 is 0 Å². The zero-order valence-electron chi connectivity index (χ0n) is 6.43. The maximum atomic E-state index is 5.32. The highest BCUT2D eigenvalue weighted by Gasteiger charge is 2.12. The Morgan fingerprint density at radius 3 is 3.10 bits per heavy atom. The van der Waals surface area contributed by atoms with Crippen molar-refractivity contribution in [2.75, 3.05) is 20.4 Å². The van der Waals surface area contributed by atoms with Gasteiger partial charge in [-0.05, 0) is 26.3 Å². The van der Waals surface area contributed by atoms with Crippen LogP contribution in [0.1, 0.15) is 19.3 Å². The van der Waals surface area contributed by atoms with Gasteiger partial charge in [0.1, 0.15) is 0 Å². The van der Waals surface area contributed by atoms with Crippen LogP contribution in [0.2, 0.25) is 0 Å². The summed E-state index contributed by atoms with van der Waals surface area (Å²) < 4.78 is 10.6. The van der Waals surface area contributed by atoms with Crippen LogP contribution in [0, 0.1) is 0 Å². The summed E-state index contributed by atoms with van der Waals surface area (Å²) in [5.74, 6) is 0. The predicted octanol–water partition coefficient (Wildman–Crippen LogP) is 0.706. The third-order valence-electron chi connectivity index (χ3n) is 1.55. The molecule has 0 spiro atoms. The highest BCUT2D eigenvalue weighted by atomic mass is 16.7. The molecule has 1 heterocycles. The molecule has 0 bridgehead atoms. The standard InChI is InChI=1S/C7H15NO2/c1-8-6-10-7-4-2-3-5-9-7/h7-8H,2-6H2,1H3. The Kier molecular flexibility index (Phi) is 3.72. The molecule has 0 saturated carbocycles. The van der Waals surface area contributed by atoms with Crippen molar-refractivity contribution in [3.05, 3.63) is 0 Å². The minimum absolute atomic E-state index is 0.0428. The number of rotatable bonds is 3. The Balaban J connectivity index is 2.02. The third kappa shape index (κ3) is 2.64. The quantitative estimate of drug-likeness (QED) is 0.593. The zero-order valence-corrected chi connectivity index (χ0v) is 6.43. The van der Waals surface area contributed by atoms with E-state index in [-0.39, 0.29) is 6.29 Å². The van der Waals surface area contributed by atoms with E-state index in [9.17, 15) is 0 Å². The molecule has 0 aromatic carbocycles. The summed E-state index contributed by atoms with van der Waals surface area (Å²) in [4.78, 5) is 0. The van der Waals surface area contributed by atoms with Gasteiger partial charge in [-0.15, -0.1) is 0 Å². The minimum Gasteiger partial charge on any atom is -0.353 e. The van der Waals surface area contributed by atoms with E-state index in [4.69, 9.17) is 9.47 Å². The number of hydrogen-bond acceptors (Lipinski definition) is 3. The summed E-state index contributed by atoms with van der Waals surface area (Å²) in [6.45, 7) is 1.44. The van der Waals surface area contributed by atoms with Gasteiger partial charge in [0.25, 0.3) is 0 Å². The van der Waals surface area contributed by atoms with Crippen molar-refractivity contribution < 1.29 is 9.47 Å². The molecule has 1 N–H and O–H groups in total. The summed E-state index contributed by atoms with van der Waals surface area (Å²) in [5.41, 5.74) is 0. The van der Waals surface area contributed by atoms with Crippen LogP contribution in [-0.4, -0.2) is 26.7 Å². The molecule has 1 aliphatic rings. The molecule has 1 fully saturated rings. The van der Waals surface area contributed by atoms with E-state index in [1.165, 1.54) is 12.8 Å². The monoisotopic (exact) mass is 145 g/mol. The summed E-state index contributed by atoms with van der Waals surface area (Å²) in [6.07, 6.45) is 3.50. The molecule has 1 unspecified atom stereocenters. The molecule has 1 saturated heterocycles. The second kappa shape index (κ2) is 4.66. The lowest BCUT2D eigenvalue weighted by Crippen LogP contribution is -2.26. The van der Waals surface area contributed by atoms with E-state index >= 15 is 0 Å². The topological polar surface area (TPSA) is 30.5 Å². The van der Waals surface area contributed by atoms with Crippen LogP contribution < -0.4 is 5.32 Å². The van der Waals surface area contributed by atoms with Crippen molar-refractivity contribution >= 4 is 0 Å². The highest BCUT2D eigenvalue weighted by molar-refractivity contribution is 4.53. The summed E-state index contributed by atoms with van der Waals surface area (Å²) in [6, 6.07) is 0. The van der Waals surface area contributed by atoms with Gasteiger partial charge in [-0.25, -0.2) is 0 Å². The van der Waals surface area contributed by atoms with Gasteiger partial charge in [0.05, 0.1) is 6.73 Å². The van der Waals surface area contributed by atoms with Crippen molar-refractivity contribution in [3.8, 4) is 0 Å². The van der Waals surface area contributed by atoms with Gasteiger partial charge in [-0.2, -0.15) is 0 Å². The predicted molar refractivity (Wildman–Crippen MR) is 38.6 cm³/mol. The van der Waals surface area contributed by atoms with E-state index < -0.39 is 0 Å². The van der Waals surface area contributed by atoms with Crippen LogP contribution in [0.25, 0.3) is 0 Å². The molecule has 10 heavy (non-hydrogen) atoms. The molecule has 0 aromatic heterocycles. The first-order chi connectivity index (χ1) is 4.93. The van der Waals surface area contributed by atoms with E-state index in [0.29, 0.717) is 6.73 Å². The van der Waals surface area contributed by atoms with E-state index in [2.05, 4.69) is 5.32 Å². The van der Waals surface area contributed by atoms with Gasteiger partial charge >= 0.3 is 0 Å². The van der Waals surface area contributed by atoms with Crippen molar-refractivity contribution in [1.82, 2.24) is 5.32 Å². The molecule has 0 aromatic rings. The average Bonchev–Trinajstić information content (AvgIpc) is 2.03. The van der Waals surface area contributed by atoms with E-state index in [1.54, 1.807) is 0 Å². The van der Waals surface area contributed by atoms with Gasteiger partial charge in [0.2, 0.25) is 0 Å². The molecule has 0 amide bonds. The van der Waals surface area contributed by atoms with Gasteiger partial charge in [0.15, 0.2) is 6.29 Å². The summed E-state index contributed by atoms with van der Waals surface area (Å²) in [7, 11) is 1.86. The molecular weight excluding hydrogens is 130 g/mol. The Morgan fingerprint density at radius 2 is 2.50 bits per heavy atom. The highest BCUT2D eigenvalue weighted by Crippen LogP contribution is 2.12.